The van der Waals surface area contributed by atoms with Crippen molar-refractivity contribution in [3.05, 3.63) is 59.4 Å². The Labute approximate surface area is 136 Å². The summed E-state index contributed by atoms with van der Waals surface area (Å²) in [5.41, 5.74) is -0.204. The van der Waals surface area contributed by atoms with Gasteiger partial charge in [-0.3, -0.25) is 10.0 Å². The van der Waals surface area contributed by atoms with Crippen LogP contribution in [0.25, 0.3) is 0 Å². The van der Waals surface area contributed by atoms with E-state index >= 15 is 0 Å². The molecule has 134 valence electrons. The van der Waals surface area contributed by atoms with Crippen LogP contribution in [0.5, 0.6) is 11.5 Å². The second kappa shape index (κ2) is 6.63. The Hall–Kier alpha value is -2.75. The second-order valence-corrected chi connectivity index (χ2v) is 4.78. The van der Waals surface area contributed by atoms with Gasteiger partial charge in [0, 0.05) is 11.1 Å². The molecule has 4 nitrogen and oxygen atoms in total. The van der Waals surface area contributed by atoms with Crippen molar-refractivity contribution < 1.29 is 41.1 Å². The van der Waals surface area contributed by atoms with Crippen molar-refractivity contribution in [3.63, 3.8) is 0 Å². The van der Waals surface area contributed by atoms with Gasteiger partial charge in [-0.05, 0) is 42.5 Å². The van der Waals surface area contributed by atoms with E-state index in [2.05, 4.69) is 0 Å². The van der Waals surface area contributed by atoms with Crippen LogP contribution in [0.3, 0.4) is 0 Å². The van der Waals surface area contributed by atoms with Gasteiger partial charge in [0.1, 0.15) is 5.75 Å². The van der Waals surface area contributed by atoms with Crippen LogP contribution in [0.1, 0.15) is 15.9 Å². The molecule has 2 rings (SSSR count). The lowest BCUT2D eigenvalue weighted by Crippen LogP contribution is -2.33. The van der Waals surface area contributed by atoms with Crippen molar-refractivity contribution >= 4 is 5.91 Å². The lowest BCUT2D eigenvalue weighted by molar-refractivity contribution is -0.289. The number of hydroxylamine groups is 1. The monoisotopic (exact) mass is 365 g/mol. The first kappa shape index (κ1) is 18.6. The van der Waals surface area contributed by atoms with Crippen LogP contribution in [0, 0.1) is 5.82 Å². The third-order valence-corrected chi connectivity index (χ3v) is 3.10. The van der Waals surface area contributed by atoms with Gasteiger partial charge in [-0.1, -0.05) is 0 Å². The number of amides is 1. The van der Waals surface area contributed by atoms with Crippen LogP contribution in [0.2, 0.25) is 0 Å². The van der Waals surface area contributed by atoms with E-state index in [-0.39, 0.29) is 11.3 Å². The van der Waals surface area contributed by atoms with Crippen LogP contribution in [0.15, 0.2) is 42.5 Å². The SMILES string of the molecule is O=C(NO)c1ccc(Oc2ccc(C(F)(F)C(F)(F)F)cc2)c(F)c1. The molecule has 0 atom stereocenters. The van der Waals surface area contributed by atoms with E-state index in [9.17, 15) is 31.1 Å². The molecule has 0 aliphatic carbocycles. The average molecular weight is 365 g/mol. The van der Waals surface area contributed by atoms with Crippen LogP contribution in [0.4, 0.5) is 26.3 Å². The molecule has 10 heteroatoms. The second-order valence-electron chi connectivity index (χ2n) is 4.78. The molecule has 0 radical (unpaired) electrons. The molecule has 0 saturated heterocycles. The Morgan fingerprint density at radius 3 is 2.08 bits per heavy atom. The highest BCUT2D eigenvalue weighted by Crippen LogP contribution is 2.44. The van der Waals surface area contributed by atoms with Crippen LogP contribution in [-0.2, 0) is 5.92 Å². The number of hydrogen-bond acceptors (Lipinski definition) is 3. The van der Waals surface area contributed by atoms with Crippen LogP contribution in [-0.4, -0.2) is 17.3 Å². The van der Waals surface area contributed by atoms with E-state index in [0.717, 1.165) is 30.3 Å². The number of halogens is 6. The molecule has 2 aromatic carbocycles. The molecule has 0 unspecified atom stereocenters. The number of benzene rings is 2. The number of hydrogen-bond donors (Lipinski definition) is 2. The fraction of sp³-hybridized carbons (Fsp3) is 0.133. The van der Waals surface area contributed by atoms with Crippen molar-refractivity contribution in [3.8, 4) is 11.5 Å². The van der Waals surface area contributed by atoms with Gasteiger partial charge in [-0.25, -0.2) is 9.87 Å². The Bertz CT molecular complexity index is 774. The summed E-state index contributed by atoms with van der Waals surface area (Å²) in [5.74, 6) is -7.60. The first-order valence-electron chi connectivity index (χ1n) is 6.53. The number of nitrogens with one attached hydrogen (secondary N) is 1. The predicted molar refractivity (Wildman–Crippen MR) is 72.1 cm³/mol. The maximum Gasteiger partial charge on any atom is 0.458 e. The third-order valence-electron chi connectivity index (χ3n) is 3.10. The summed E-state index contributed by atoms with van der Waals surface area (Å²) >= 11 is 0. The molecule has 0 aliphatic rings. The molecule has 2 aromatic rings. The van der Waals surface area contributed by atoms with Crippen molar-refractivity contribution in [1.82, 2.24) is 5.48 Å². The number of alkyl halides is 5. The molecule has 1 amide bonds. The summed E-state index contributed by atoms with van der Waals surface area (Å²) in [6.45, 7) is 0. The smallest absolute Gasteiger partial charge is 0.454 e. The highest BCUT2D eigenvalue weighted by Gasteiger charge is 2.58. The van der Waals surface area contributed by atoms with Gasteiger partial charge in [0.15, 0.2) is 11.6 Å². The summed E-state index contributed by atoms with van der Waals surface area (Å²) in [5, 5.41) is 8.44. The Kier molecular flexibility index (Phi) is 4.93. The molecule has 0 bridgehead atoms. The molecule has 0 fully saturated rings. The quantitative estimate of drug-likeness (QED) is 0.480. The van der Waals surface area contributed by atoms with E-state index in [1.807, 2.05) is 0 Å². The van der Waals surface area contributed by atoms with Gasteiger partial charge < -0.3 is 4.74 Å². The molecule has 0 saturated carbocycles. The van der Waals surface area contributed by atoms with Crippen LogP contribution >= 0.6 is 0 Å². The normalized spacial score (nSPS) is 12.0. The molecule has 0 aromatic heterocycles. The van der Waals surface area contributed by atoms with Crippen molar-refractivity contribution in [2.45, 2.75) is 12.1 Å². The summed E-state index contributed by atoms with van der Waals surface area (Å²) in [4.78, 5) is 11.1. The summed E-state index contributed by atoms with van der Waals surface area (Å²) < 4.78 is 82.0. The van der Waals surface area contributed by atoms with Crippen LogP contribution < -0.4 is 10.2 Å². The van der Waals surface area contributed by atoms with E-state index in [1.54, 1.807) is 0 Å². The van der Waals surface area contributed by atoms with Gasteiger partial charge in [-0.15, -0.1) is 0 Å². The Morgan fingerprint density at radius 2 is 1.60 bits per heavy atom. The molecule has 2 N–H and O–H groups in total. The standard InChI is InChI=1S/C15H9F6NO3/c16-11-7-8(13(23)22-24)1-6-12(11)25-10-4-2-9(3-5-10)14(17,18)15(19,20)21/h1-7,24H,(H,22,23). The number of rotatable bonds is 4. The number of carbonyl (C=O) groups is 1. The highest BCUT2D eigenvalue weighted by molar-refractivity contribution is 5.93. The average Bonchev–Trinajstić information content (AvgIpc) is 2.55. The molecule has 25 heavy (non-hydrogen) atoms. The summed E-state index contributed by atoms with van der Waals surface area (Å²) in [6, 6.07) is 5.54. The number of carbonyl (C=O) groups excluding carboxylic acids is 1. The van der Waals surface area contributed by atoms with E-state index in [4.69, 9.17) is 9.94 Å². The van der Waals surface area contributed by atoms with Crippen molar-refractivity contribution in [2.24, 2.45) is 0 Å². The fourth-order valence-electron chi connectivity index (χ4n) is 1.81. The van der Waals surface area contributed by atoms with Gasteiger partial charge in [0.25, 0.3) is 5.91 Å². The van der Waals surface area contributed by atoms with Gasteiger partial charge in [0.05, 0.1) is 0 Å². The first-order valence-corrected chi connectivity index (χ1v) is 6.53. The third kappa shape index (κ3) is 3.85. The predicted octanol–water partition coefficient (Wildman–Crippen LogP) is 4.39. The van der Waals surface area contributed by atoms with Gasteiger partial charge in [-0.2, -0.15) is 22.0 Å². The van der Waals surface area contributed by atoms with E-state index in [0.29, 0.717) is 12.1 Å². The highest BCUT2D eigenvalue weighted by atomic mass is 19.4. The zero-order chi connectivity index (χ0) is 18.8. The molecular formula is C15H9F6NO3. The van der Waals surface area contributed by atoms with E-state index < -0.39 is 35.1 Å². The largest absolute Gasteiger partial charge is 0.458 e. The topological polar surface area (TPSA) is 58.6 Å². The first-order chi connectivity index (χ1) is 11.6. The van der Waals surface area contributed by atoms with Gasteiger partial charge >= 0.3 is 12.1 Å². The van der Waals surface area contributed by atoms with E-state index in [1.165, 1.54) is 5.48 Å². The summed E-state index contributed by atoms with van der Waals surface area (Å²) in [7, 11) is 0. The minimum absolute atomic E-state index is 0.194. The maximum atomic E-state index is 13.8. The van der Waals surface area contributed by atoms with Crippen molar-refractivity contribution in [1.29, 1.82) is 0 Å². The molecule has 0 heterocycles. The Morgan fingerprint density at radius 1 is 1.00 bits per heavy atom. The zero-order valence-corrected chi connectivity index (χ0v) is 12.1. The fourth-order valence-corrected chi connectivity index (χ4v) is 1.81. The minimum atomic E-state index is -5.75. The molecule has 0 aliphatic heterocycles. The summed E-state index contributed by atoms with van der Waals surface area (Å²) in [6.07, 6.45) is -5.75. The van der Waals surface area contributed by atoms with Gasteiger partial charge in [0.2, 0.25) is 0 Å². The number of ether oxygens (including phenoxy) is 1. The Balaban J connectivity index is 2.21. The molecular weight excluding hydrogens is 356 g/mol. The minimum Gasteiger partial charge on any atom is -0.454 e. The van der Waals surface area contributed by atoms with Crippen molar-refractivity contribution in [2.75, 3.05) is 0 Å². The zero-order valence-electron chi connectivity index (χ0n) is 12.1. The molecule has 0 spiro atoms. The lowest BCUT2D eigenvalue weighted by atomic mass is 10.1. The maximum absolute atomic E-state index is 13.8. The lowest BCUT2D eigenvalue weighted by Gasteiger charge is -2.20.